The molecule has 29 heavy (non-hydrogen) atoms. The zero-order chi connectivity index (χ0) is 21.0. The molecule has 0 spiro atoms. The van der Waals surface area contributed by atoms with E-state index in [1.807, 2.05) is 99.5 Å². The highest BCUT2D eigenvalue weighted by atomic mass is 16.5. The van der Waals surface area contributed by atoms with Crippen molar-refractivity contribution in [2.45, 2.75) is 12.8 Å². The van der Waals surface area contributed by atoms with E-state index in [0.717, 1.165) is 17.2 Å². The molecule has 1 atom stereocenters. The van der Waals surface area contributed by atoms with Crippen molar-refractivity contribution in [2.24, 2.45) is 4.99 Å². The minimum Gasteiger partial charge on any atom is -0.362 e. The van der Waals surface area contributed by atoms with Crippen molar-refractivity contribution in [2.75, 3.05) is 28.2 Å². The quantitative estimate of drug-likeness (QED) is 0.372. The van der Waals surface area contributed by atoms with Crippen LogP contribution >= 0.6 is 0 Å². The van der Waals surface area contributed by atoms with Crippen molar-refractivity contribution in [3.8, 4) is 0 Å². The molecule has 0 aliphatic carbocycles. The van der Waals surface area contributed by atoms with Crippen molar-refractivity contribution < 1.29 is 9.32 Å². The van der Waals surface area contributed by atoms with Gasteiger partial charge in [0.25, 0.3) is 0 Å². The monoisotopic (exact) mass is 390 g/mol. The Hall–Kier alpha value is -3.41. The Morgan fingerprint density at radius 1 is 0.966 bits per heavy atom. The van der Waals surface area contributed by atoms with E-state index in [9.17, 15) is 4.79 Å². The van der Waals surface area contributed by atoms with Gasteiger partial charge in [-0.25, -0.2) is 4.99 Å². The zero-order valence-corrected chi connectivity index (χ0v) is 17.5. The number of hydrogen-bond acceptors (Lipinski definition) is 4. The van der Waals surface area contributed by atoms with Gasteiger partial charge in [-0.05, 0) is 11.6 Å². The lowest BCUT2D eigenvalue weighted by Gasteiger charge is -2.22. The highest BCUT2D eigenvalue weighted by Crippen LogP contribution is 2.31. The third kappa shape index (κ3) is 4.54. The average Bonchev–Trinajstić information content (AvgIpc) is 3.19. The molecule has 1 heterocycles. The fourth-order valence-corrected chi connectivity index (χ4v) is 3.20. The van der Waals surface area contributed by atoms with E-state index in [1.54, 1.807) is 6.26 Å². The van der Waals surface area contributed by atoms with E-state index in [0.29, 0.717) is 16.8 Å². The average molecular weight is 390 g/mol. The number of aliphatic imine (C=N–C) groups is 1. The van der Waals surface area contributed by atoms with Gasteiger partial charge in [-0.3, -0.25) is 4.79 Å². The Bertz CT molecular complexity index is 996. The Morgan fingerprint density at radius 2 is 1.62 bits per heavy atom. The molecular formula is C23H26N4O2. The zero-order valence-electron chi connectivity index (χ0n) is 17.5. The van der Waals surface area contributed by atoms with E-state index in [-0.39, 0.29) is 11.7 Å². The van der Waals surface area contributed by atoms with Gasteiger partial charge in [0.15, 0.2) is 5.78 Å². The first-order valence-corrected chi connectivity index (χ1v) is 9.45. The molecule has 0 fully saturated rings. The largest absolute Gasteiger partial charge is 0.362 e. The number of carbonyl (C=O) groups excluding carboxylic acids is 1. The molecule has 6 nitrogen and oxygen atoms in total. The number of hydrogen-bond donors (Lipinski definition) is 0. The number of rotatable bonds is 5. The number of nitrogens with zero attached hydrogens (tertiary/aromatic N) is 4. The molecule has 150 valence electrons. The van der Waals surface area contributed by atoms with Crippen LogP contribution in [-0.2, 0) is 0 Å². The summed E-state index contributed by atoms with van der Waals surface area (Å²) in [5.74, 6) is 0.705. The van der Waals surface area contributed by atoms with E-state index in [1.165, 1.54) is 0 Å². The summed E-state index contributed by atoms with van der Waals surface area (Å²) >= 11 is 0. The van der Waals surface area contributed by atoms with Gasteiger partial charge in [-0.1, -0.05) is 60.6 Å². The molecule has 0 aliphatic rings. The summed E-state index contributed by atoms with van der Waals surface area (Å²) in [5, 5.41) is 4.19. The van der Waals surface area contributed by atoms with Gasteiger partial charge in [0.1, 0.15) is 17.6 Å². The first-order chi connectivity index (χ1) is 13.9. The summed E-state index contributed by atoms with van der Waals surface area (Å²) in [4.78, 5) is 21.4. The van der Waals surface area contributed by atoms with Crippen LogP contribution in [0.15, 0.2) is 70.4 Å². The predicted octanol–water partition coefficient (Wildman–Crippen LogP) is 4.17. The van der Waals surface area contributed by atoms with Crippen LogP contribution in [0.4, 0.5) is 5.69 Å². The smallest absolute Gasteiger partial charge is 0.200 e. The van der Waals surface area contributed by atoms with Crippen LogP contribution in [0.5, 0.6) is 0 Å². The summed E-state index contributed by atoms with van der Waals surface area (Å²) in [6, 6.07) is 16.9. The summed E-state index contributed by atoms with van der Waals surface area (Å²) in [5.41, 5.74) is 3.71. The third-order valence-corrected chi connectivity index (χ3v) is 4.69. The number of aromatic nitrogens is 1. The van der Waals surface area contributed by atoms with Crippen LogP contribution in [0.2, 0.25) is 0 Å². The van der Waals surface area contributed by atoms with Crippen molar-refractivity contribution in [3.63, 3.8) is 0 Å². The molecule has 3 aromatic rings. The van der Waals surface area contributed by atoms with Gasteiger partial charge in [0, 0.05) is 45.2 Å². The fraction of sp³-hybridized carbons (Fsp3) is 0.261. The molecule has 0 radical (unpaired) electrons. The van der Waals surface area contributed by atoms with Gasteiger partial charge in [0.05, 0.1) is 0 Å². The Kier molecular flexibility index (Phi) is 6.12. The maximum atomic E-state index is 12.8. The second-order valence-corrected chi connectivity index (χ2v) is 7.33. The molecule has 1 aromatic heterocycles. The summed E-state index contributed by atoms with van der Waals surface area (Å²) in [6.07, 6.45) is 1.55. The normalized spacial score (nSPS) is 11.6. The molecule has 2 aromatic carbocycles. The van der Waals surface area contributed by atoms with Gasteiger partial charge >= 0.3 is 0 Å². The lowest BCUT2D eigenvalue weighted by atomic mass is 9.93. The first kappa shape index (κ1) is 20.3. The molecule has 0 bridgehead atoms. The Balaban J connectivity index is 1.93. The van der Waals surface area contributed by atoms with Gasteiger partial charge in [-0.2, -0.15) is 0 Å². The SMILES string of the molecule is CC(c1cccc(C(=O)c2ccccc2)c1)c1nocc1N=C(N(C)C)N(C)C. The second-order valence-electron chi connectivity index (χ2n) is 7.33. The number of carbonyl (C=O) groups is 1. The Morgan fingerprint density at radius 3 is 2.28 bits per heavy atom. The van der Waals surface area contributed by atoms with Crippen LogP contribution < -0.4 is 0 Å². The number of guanidine groups is 1. The van der Waals surface area contributed by atoms with Gasteiger partial charge in [0.2, 0.25) is 5.96 Å². The molecule has 1 unspecified atom stereocenters. The van der Waals surface area contributed by atoms with Gasteiger partial charge < -0.3 is 14.3 Å². The van der Waals surface area contributed by atoms with E-state index in [2.05, 4.69) is 5.16 Å². The molecule has 0 amide bonds. The lowest BCUT2D eigenvalue weighted by Crippen LogP contribution is -2.35. The van der Waals surface area contributed by atoms with Crippen LogP contribution in [0.25, 0.3) is 0 Å². The van der Waals surface area contributed by atoms with Crippen LogP contribution in [0.3, 0.4) is 0 Å². The third-order valence-electron chi connectivity index (χ3n) is 4.69. The highest BCUT2D eigenvalue weighted by Gasteiger charge is 2.20. The van der Waals surface area contributed by atoms with Crippen LogP contribution in [0.1, 0.15) is 40.0 Å². The fourth-order valence-electron chi connectivity index (χ4n) is 3.20. The summed E-state index contributed by atoms with van der Waals surface area (Å²) in [6.45, 7) is 2.04. The Labute approximate surface area is 171 Å². The standard InChI is InChI=1S/C23H26N4O2/c1-16(21-20(15-29-25-21)24-23(26(2)3)27(4)5)18-12-9-13-19(14-18)22(28)17-10-7-6-8-11-17/h6-16H,1-5H3. The predicted molar refractivity (Wildman–Crippen MR) is 115 cm³/mol. The molecule has 0 N–H and O–H groups in total. The molecule has 0 saturated heterocycles. The molecule has 0 aliphatic heterocycles. The van der Waals surface area contributed by atoms with E-state index >= 15 is 0 Å². The van der Waals surface area contributed by atoms with Crippen LogP contribution in [-0.4, -0.2) is 54.9 Å². The molecule has 3 rings (SSSR count). The van der Waals surface area contributed by atoms with E-state index < -0.39 is 0 Å². The van der Waals surface area contributed by atoms with E-state index in [4.69, 9.17) is 9.52 Å². The van der Waals surface area contributed by atoms with Crippen molar-refractivity contribution >= 4 is 17.4 Å². The molecule has 0 saturated carbocycles. The maximum Gasteiger partial charge on any atom is 0.200 e. The topological polar surface area (TPSA) is 61.9 Å². The lowest BCUT2D eigenvalue weighted by molar-refractivity contribution is 0.103. The molecular weight excluding hydrogens is 364 g/mol. The van der Waals surface area contributed by atoms with Gasteiger partial charge in [-0.15, -0.1) is 0 Å². The van der Waals surface area contributed by atoms with Crippen molar-refractivity contribution in [1.82, 2.24) is 15.0 Å². The van der Waals surface area contributed by atoms with Crippen molar-refractivity contribution in [3.05, 3.63) is 83.2 Å². The second kappa shape index (κ2) is 8.73. The summed E-state index contributed by atoms with van der Waals surface area (Å²) in [7, 11) is 7.75. The van der Waals surface area contributed by atoms with Crippen molar-refractivity contribution in [1.29, 1.82) is 0 Å². The maximum absolute atomic E-state index is 12.8. The summed E-state index contributed by atoms with van der Waals surface area (Å²) < 4.78 is 5.23. The highest BCUT2D eigenvalue weighted by molar-refractivity contribution is 6.09. The number of ketones is 1. The number of benzene rings is 2. The van der Waals surface area contributed by atoms with Crippen LogP contribution in [0, 0.1) is 0 Å². The molecule has 6 heteroatoms. The minimum atomic E-state index is -0.0819. The minimum absolute atomic E-state index is 0.000508. The first-order valence-electron chi connectivity index (χ1n) is 9.45.